The Labute approximate surface area is 171 Å². The fraction of sp³-hybridized carbons (Fsp3) is 0.304. The van der Waals surface area contributed by atoms with E-state index in [9.17, 15) is 4.79 Å². The Morgan fingerprint density at radius 1 is 1.14 bits per heavy atom. The number of hydrogen-bond donors (Lipinski definition) is 1. The number of rotatable bonds is 5. The molecule has 6 heteroatoms. The highest BCUT2D eigenvalue weighted by molar-refractivity contribution is 5.74. The zero-order valence-electron chi connectivity index (χ0n) is 16.8. The second kappa shape index (κ2) is 8.39. The maximum atomic E-state index is 11.9. The van der Waals surface area contributed by atoms with Crippen molar-refractivity contribution < 1.29 is 4.79 Å². The third kappa shape index (κ3) is 4.26. The molecule has 1 atom stereocenters. The Morgan fingerprint density at radius 2 is 1.90 bits per heavy atom. The molecule has 1 aromatic carbocycles. The molecule has 0 bridgehead atoms. The smallest absolute Gasteiger partial charge is 0.219 e. The largest absolute Gasteiger partial charge is 0.369 e. The van der Waals surface area contributed by atoms with Crippen molar-refractivity contribution in [1.82, 2.24) is 19.9 Å². The van der Waals surface area contributed by atoms with Gasteiger partial charge in [0.15, 0.2) is 5.82 Å². The van der Waals surface area contributed by atoms with Gasteiger partial charge >= 0.3 is 0 Å². The van der Waals surface area contributed by atoms with Gasteiger partial charge in [-0.1, -0.05) is 37.3 Å². The van der Waals surface area contributed by atoms with Gasteiger partial charge < -0.3 is 10.2 Å². The van der Waals surface area contributed by atoms with E-state index in [1.54, 1.807) is 19.3 Å². The van der Waals surface area contributed by atoms with E-state index in [1.165, 1.54) is 5.56 Å². The molecule has 0 fully saturated rings. The molecule has 29 heavy (non-hydrogen) atoms. The van der Waals surface area contributed by atoms with Crippen LogP contribution in [0.3, 0.4) is 0 Å². The maximum absolute atomic E-state index is 11.9. The first kappa shape index (κ1) is 19.1. The number of fused-ring (bicyclic) bond motifs is 1. The van der Waals surface area contributed by atoms with Gasteiger partial charge in [-0.25, -0.2) is 9.97 Å². The van der Waals surface area contributed by atoms with Crippen molar-refractivity contribution in [2.45, 2.75) is 32.7 Å². The fourth-order valence-corrected chi connectivity index (χ4v) is 3.62. The Morgan fingerprint density at radius 3 is 2.62 bits per heavy atom. The number of nitrogens with one attached hydrogen (secondary N) is 1. The molecule has 0 aliphatic carbocycles. The van der Waals surface area contributed by atoms with Crippen molar-refractivity contribution >= 4 is 11.7 Å². The molecule has 0 saturated heterocycles. The van der Waals surface area contributed by atoms with Crippen molar-refractivity contribution in [2.24, 2.45) is 0 Å². The Kier molecular flexibility index (Phi) is 5.51. The Balaban J connectivity index is 1.65. The van der Waals surface area contributed by atoms with E-state index < -0.39 is 0 Å². The molecular formula is C23H25N5O. The monoisotopic (exact) mass is 387 g/mol. The van der Waals surface area contributed by atoms with Crippen LogP contribution in [0.1, 0.15) is 36.6 Å². The highest BCUT2D eigenvalue weighted by Crippen LogP contribution is 2.28. The molecule has 4 rings (SSSR count). The molecule has 0 saturated carbocycles. The molecule has 2 aromatic heterocycles. The average Bonchev–Trinajstić information content (AvgIpc) is 2.77. The second-order valence-electron chi connectivity index (χ2n) is 7.44. The number of anilines is 1. The molecule has 3 heterocycles. The zero-order chi connectivity index (χ0) is 20.2. The summed E-state index contributed by atoms with van der Waals surface area (Å²) in [5.74, 6) is 1.95. The lowest BCUT2D eigenvalue weighted by Gasteiger charge is -2.29. The number of carbonyl (C=O) groups is 1. The van der Waals surface area contributed by atoms with E-state index in [-0.39, 0.29) is 5.91 Å². The number of nitrogens with zero attached hydrogens (tertiary/aromatic N) is 4. The molecule has 3 aromatic rings. The van der Waals surface area contributed by atoms with Crippen LogP contribution < -0.4 is 5.32 Å². The van der Waals surface area contributed by atoms with E-state index in [0.717, 1.165) is 35.6 Å². The number of aromatic nitrogens is 3. The molecule has 1 N–H and O–H groups in total. The predicted molar refractivity (Wildman–Crippen MR) is 113 cm³/mol. The molecule has 6 nitrogen and oxygen atoms in total. The third-order valence-corrected chi connectivity index (χ3v) is 5.39. The van der Waals surface area contributed by atoms with Crippen molar-refractivity contribution in [3.63, 3.8) is 0 Å². The van der Waals surface area contributed by atoms with E-state index in [2.05, 4.69) is 41.5 Å². The van der Waals surface area contributed by atoms with Gasteiger partial charge in [0.2, 0.25) is 5.91 Å². The van der Waals surface area contributed by atoms with Crippen LogP contribution in [0.25, 0.3) is 11.4 Å². The van der Waals surface area contributed by atoms with Gasteiger partial charge in [0, 0.05) is 43.5 Å². The quantitative estimate of drug-likeness (QED) is 0.723. The normalized spacial score (nSPS) is 14.2. The van der Waals surface area contributed by atoms with E-state index in [4.69, 9.17) is 9.97 Å². The molecule has 1 aliphatic heterocycles. The summed E-state index contributed by atoms with van der Waals surface area (Å²) >= 11 is 0. The zero-order valence-corrected chi connectivity index (χ0v) is 16.8. The van der Waals surface area contributed by atoms with Gasteiger partial charge in [-0.3, -0.25) is 9.78 Å². The number of hydrogen-bond acceptors (Lipinski definition) is 5. The lowest BCUT2D eigenvalue weighted by atomic mass is 10.0. The molecule has 148 valence electrons. The Hall–Kier alpha value is -3.28. The van der Waals surface area contributed by atoms with Gasteiger partial charge in [0.05, 0.1) is 12.2 Å². The summed E-state index contributed by atoms with van der Waals surface area (Å²) in [5, 5.41) is 3.56. The summed E-state index contributed by atoms with van der Waals surface area (Å²) in [6, 6.07) is 14.3. The van der Waals surface area contributed by atoms with Crippen molar-refractivity contribution in [3.05, 3.63) is 71.7 Å². The number of carbonyl (C=O) groups excluding carboxylic acids is 1. The number of amides is 1. The standard InChI is InChI=1S/C23H25N5O/c1-16(18-6-4-3-5-7-18)14-25-23-20-10-13-28(17(2)29)15-21(20)26-22(27-23)19-8-11-24-12-9-19/h3-9,11-12,16H,10,13-15H2,1-2H3,(H,25,26,27)/t16-/m0/s1. The molecular weight excluding hydrogens is 362 g/mol. The summed E-state index contributed by atoms with van der Waals surface area (Å²) in [6.45, 7) is 5.81. The Bertz CT molecular complexity index is 991. The van der Waals surface area contributed by atoms with Crippen LogP contribution in [0.4, 0.5) is 5.82 Å². The van der Waals surface area contributed by atoms with E-state index in [0.29, 0.717) is 24.8 Å². The summed E-state index contributed by atoms with van der Waals surface area (Å²) < 4.78 is 0. The van der Waals surface area contributed by atoms with Crippen molar-refractivity contribution in [3.8, 4) is 11.4 Å². The first-order valence-corrected chi connectivity index (χ1v) is 9.96. The van der Waals surface area contributed by atoms with Crippen LogP contribution in [0.5, 0.6) is 0 Å². The summed E-state index contributed by atoms with van der Waals surface area (Å²) in [5.41, 5.74) is 4.24. The predicted octanol–water partition coefficient (Wildman–Crippen LogP) is 3.66. The van der Waals surface area contributed by atoms with Gasteiger partial charge in [-0.15, -0.1) is 0 Å². The van der Waals surface area contributed by atoms with Crippen LogP contribution in [-0.2, 0) is 17.8 Å². The van der Waals surface area contributed by atoms with Crippen LogP contribution in [0.2, 0.25) is 0 Å². The summed E-state index contributed by atoms with van der Waals surface area (Å²) in [4.78, 5) is 27.4. The molecule has 1 aliphatic rings. The first-order chi connectivity index (χ1) is 14.1. The average molecular weight is 387 g/mol. The van der Waals surface area contributed by atoms with Gasteiger partial charge in [-0.05, 0) is 30.0 Å². The summed E-state index contributed by atoms with van der Waals surface area (Å²) in [6.07, 6.45) is 4.24. The van der Waals surface area contributed by atoms with E-state index in [1.807, 2.05) is 23.1 Å². The lowest BCUT2D eigenvalue weighted by Crippen LogP contribution is -2.35. The van der Waals surface area contributed by atoms with Gasteiger partial charge in [0.1, 0.15) is 5.82 Å². The number of benzene rings is 1. The maximum Gasteiger partial charge on any atom is 0.219 e. The van der Waals surface area contributed by atoms with Crippen LogP contribution in [-0.4, -0.2) is 38.8 Å². The minimum atomic E-state index is 0.0759. The molecule has 0 radical (unpaired) electrons. The van der Waals surface area contributed by atoms with Crippen molar-refractivity contribution in [1.29, 1.82) is 0 Å². The summed E-state index contributed by atoms with van der Waals surface area (Å²) in [7, 11) is 0. The second-order valence-corrected chi connectivity index (χ2v) is 7.44. The first-order valence-electron chi connectivity index (χ1n) is 9.96. The minimum absolute atomic E-state index is 0.0759. The van der Waals surface area contributed by atoms with Gasteiger partial charge in [-0.2, -0.15) is 0 Å². The van der Waals surface area contributed by atoms with Crippen LogP contribution in [0, 0.1) is 0 Å². The topological polar surface area (TPSA) is 71.0 Å². The SMILES string of the molecule is CC(=O)N1CCc2c(nc(-c3ccncc3)nc2NC[C@H](C)c2ccccc2)C1. The molecule has 0 unspecified atom stereocenters. The fourth-order valence-electron chi connectivity index (χ4n) is 3.62. The number of pyridine rings is 1. The van der Waals surface area contributed by atoms with Crippen molar-refractivity contribution in [2.75, 3.05) is 18.4 Å². The highest BCUT2D eigenvalue weighted by Gasteiger charge is 2.24. The highest BCUT2D eigenvalue weighted by atomic mass is 16.2. The van der Waals surface area contributed by atoms with E-state index >= 15 is 0 Å². The van der Waals surface area contributed by atoms with Crippen LogP contribution in [0.15, 0.2) is 54.9 Å². The third-order valence-electron chi connectivity index (χ3n) is 5.39. The molecule has 1 amide bonds. The molecule has 0 spiro atoms. The lowest BCUT2D eigenvalue weighted by molar-refractivity contribution is -0.129. The van der Waals surface area contributed by atoms with Crippen LogP contribution >= 0.6 is 0 Å². The van der Waals surface area contributed by atoms with Gasteiger partial charge in [0.25, 0.3) is 0 Å². The minimum Gasteiger partial charge on any atom is -0.369 e.